The number of imidazole rings is 1. The van der Waals surface area contributed by atoms with Crippen LogP contribution >= 0.6 is 11.3 Å². The summed E-state index contributed by atoms with van der Waals surface area (Å²) in [5, 5.41) is 7.76. The summed E-state index contributed by atoms with van der Waals surface area (Å²) in [4.78, 5) is 4.59. The van der Waals surface area contributed by atoms with E-state index in [-0.39, 0.29) is 6.04 Å². The van der Waals surface area contributed by atoms with Gasteiger partial charge in [-0.25, -0.2) is 4.98 Å². The van der Waals surface area contributed by atoms with Gasteiger partial charge in [-0.15, -0.1) is 0 Å². The largest absolute Gasteiger partial charge is 0.349 e. The van der Waals surface area contributed by atoms with Gasteiger partial charge in [0, 0.05) is 11.9 Å². The molecule has 0 aliphatic rings. The van der Waals surface area contributed by atoms with Crippen molar-refractivity contribution in [1.29, 1.82) is 0 Å². The minimum atomic E-state index is 0.241. The van der Waals surface area contributed by atoms with Gasteiger partial charge in [-0.2, -0.15) is 11.3 Å². The number of rotatable bonds is 4. The van der Waals surface area contributed by atoms with Crippen molar-refractivity contribution in [3.05, 3.63) is 64.6 Å². The van der Waals surface area contributed by atoms with Crippen LogP contribution in [0.15, 0.2) is 53.4 Å². The Bertz CT molecular complexity index is 671. The number of hydrogen-bond donors (Lipinski definition) is 1. The van der Waals surface area contributed by atoms with Crippen molar-refractivity contribution in [2.24, 2.45) is 0 Å². The summed E-state index contributed by atoms with van der Waals surface area (Å²) in [6.45, 7) is 4.17. The van der Waals surface area contributed by atoms with Crippen molar-refractivity contribution in [2.45, 2.75) is 19.9 Å². The summed E-state index contributed by atoms with van der Waals surface area (Å²) in [6, 6.07) is 12.7. The molecule has 0 bridgehead atoms. The van der Waals surface area contributed by atoms with E-state index in [1.165, 1.54) is 5.56 Å². The van der Waals surface area contributed by atoms with Crippen molar-refractivity contribution in [3.8, 4) is 5.69 Å². The molecule has 0 aliphatic carbocycles. The molecule has 2 heterocycles. The lowest BCUT2D eigenvalue weighted by Crippen LogP contribution is -2.10. The van der Waals surface area contributed by atoms with Crippen LogP contribution in [0.1, 0.15) is 24.2 Å². The third-order valence-corrected chi connectivity index (χ3v) is 3.95. The van der Waals surface area contributed by atoms with Gasteiger partial charge in [0.25, 0.3) is 0 Å². The van der Waals surface area contributed by atoms with Crippen molar-refractivity contribution >= 4 is 17.3 Å². The van der Waals surface area contributed by atoms with Gasteiger partial charge < -0.3 is 5.32 Å². The first-order valence-corrected chi connectivity index (χ1v) is 7.58. The predicted octanol–water partition coefficient (Wildman–Crippen LogP) is 4.42. The number of nitrogens with one attached hydrogen (secondary N) is 1. The number of nitrogens with zero attached hydrogens (tertiary/aromatic N) is 2. The molecule has 0 aliphatic heterocycles. The van der Waals surface area contributed by atoms with E-state index in [9.17, 15) is 0 Å². The number of hydrogen-bond acceptors (Lipinski definition) is 3. The Hall–Kier alpha value is -2.07. The SMILES string of the molecule is Cc1cn(-c2ccccc2)c(NC(C)c2ccsc2)n1. The first kappa shape index (κ1) is 12.9. The van der Waals surface area contributed by atoms with Crippen molar-refractivity contribution in [3.63, 3.8) is 0 Å². The molecule has 20 heavy (non-hydrogen) atoms. The lowest BCUT2D eigenvalue weighted by atomic mass is 10.2. The molecule has 0 spiro atoms. The van der Waals surface area contributed by atoms with E-state index in [2.05, 4.69) is 56.9 Å². The highest BCUT2D eigenvalue weighted by Crippen LogP contribution is 2.23. The van der Waals surface area contributed by atoms with Gasteiger partial charge in [-0.05, 0) is 48.4 Å². The van der Waals surface area contributed by atoms with Crippen LogP contribution in [0.3, 0.4) is 0 Å². The molecule has 4 heteroatoms. The molecule has 1 N–H and O–H groups in total. The van der Waals surface area contributed by atoms with Gasteiger partial charge in [-0.1, -0.05) is 18.2 Å². The van der Waals surface area contributed by atoms with Crippen LogP contribution in [0.4, 0.5) is 5.95 Å². The second kappa shape index (κ2) is 5.51. The second-order valence-electron chi connectivity index (χ2n) is 4.83. The van der Waals surface area contributed by atoms with Gasteiger partial charge >= 0.3 is 0 Å². The van der Waals surface area contributed by atoms with Crippen LogP contribution < -0.4 is 5.32 Å². The average Bonchev–Trinajstić information content (AvgIpc) is 3.09. The summed E-state index contributed by atoms with van der Waals surface area (Å²) in [5.74, 6) is 0.882. The Kier molecular flexibility index (Phi) is 3.56. The maximum Gasteiger partial charge on any atom is 0.208 e. The fraction of sp³-hybridized carbons (Fsp3) is 0.188. The molecular formula is C16H17N3S. The second-order valence-corrected chi connectivity index (χ2v) is 5.61. The van der Waals surface area contributed by atoms with Crippen LogP contribution in [0.25, 0.3) is 5.69 Å². The molecule has 2 aromatic heterocycles. The summed E-state index contributed by atoms with van der Waals surface area (Å²) >= 11 is 1.72. The lowest BCUT2D eigenvalue weighted by molar-refractivity contribution is 0.855. The third-order valence-electron chi connectivity index (χ3n) is 3.25. The highest BCUT2D eigenvalue weighted by Gasteiger charge is 2.11. The smallest absolute Gasteiger partial charge is 0.208 e. The number of aryl methyl sites for hydroxylation is 1. The number of anilines is 1. The standard InChI is InChI=1S/C16H17N3S/c1-12-10-19(15-6-4-3-5-7-15)16(17-12)18-13(2)14-8-9-20-11-14/h3-11,13H,1-2H3,(H,17,18). The first-order chi connectivity index (χ1) is 9.74. The fourth-order valence-electron chi connectivity index (χ4n) is 2.18. The third kappa shape index (κ3) is 2.60. The highest BCUT2D eigenvalue weighted by molar-refractivity contribution is 7.07. The Labute approximate surface area is 122 Å². The Morgan fingerprint density at radius 1 is 1.20 bits per heavy atom. The molecule has 3 aromatic rings. The van der Waals surface area contributed by atoms with Crippen molar-refractivity contribution < 1.29 is 0 Å². The maximum atomic E-state index is 4.59. The van der Waals surface area contributed by atoms with Crippen LogP contribution in [0.2, 0.25) is 0 Å². The number of aromatic nitrogens is 2. The zero-order chi connectivity index (χ0) is 13.9. The molecular weight excluding hydrogens is 266 g/mol. The Balaban J connectivity index is 1.91. The normalized spacial score (nSPS) is 12.3. The van der Waals surface area contributed by atoms with E-state index in [0.29, 0.717) is 0 Å². The van der Waals surface area contributed by atoms with E-state index in [1.807, 2.05) is 25.1 Å². The van der Waals surface area contributed by atoms with Gasteiger partial charge in [0.05, 0.1) is 11.7 Å². The lowest BCUT2D eigenvalue weighted by Gasteiger charge is -2.15. The first-order valence-electron chi connectivity index (χ1n) is 6.64. The van der Waals surface area contributed by atoms with Crippen LogP contribution in [-0.2, 0) is 0 Å². The topological polar surface area (TPSA) is 29.9 Å². The molecule has 0 amide bonds. The predicted molar refractivity (Wildman–Crippen MR) is 84.7 cm³/mol. The summed E-state index contributed by atoms with van der Waals surface area (Å²) in [5.41, 5.74) is 3.41. The van der Waals surface area contributed by atoms with Crippen molar-refractivity contribution in [2.75, 3.05) is 5.32 Å². The van der Waals surface area contributed by atoms with E-state index in [1.54, 1.807) is 11.3 Å². The monoisotopic (exact) mass is 283 g/mol. The molecule has 1 unspecified atom stereocenters. The van der Waals surface area contributed by atoms with E-state index >= 15 is 0 Å². The summed E-state index contributed by atoms with van der Waals surface area (Å²) in [6.07, 6.45) is 2.05. The summed E-state index contributed by atoms with van der Waals surface area (Å²) in [7, 11) is 0. The molecule has 0 radical (unpaired) electrons. The van der Waals surface area contributed by atoms with Gasteiger partial charge in [0.1, 0.15) is 0 Å². The highest BCUT2D eigenvalue weighted by atomic mass is 32.1. The zero-order valence-corrected chi connectivity index (χ0v) is 12.4. The number of para-hydroxylation sites is 1. The quantitative estimate of drug-likeness (QED) is 0.768. The average molecular weight is 283 g/mol. The van der Waals surface area contributed by atoms with Crippen LogP contribution in [0.5, 0.6) is 0 Å². The summed E-state index contributed by atoms with van der Waals surface area (Å²) < 4.78 is 2.10. The molecule has 0 saturated heterocycles. The zero-order valence-electron chi connectivity index (χ0n) is 11.6. The molecule has 0 saturated carbocycles. The van der Waals surface area contributed by atoms with Crippen LogP contribution in [0, 0.1) is 6.92 Å². The molecule has 3 rings (SSSR count). The van der Waals surface area contributed by atoms with Crippen LogP contribution in [-0.4, -0.2) is 9.55 Å². The molecule has 1 atom stereocenters. The van der Waals surface area contributed by atoms with Crippen molar-refractivity contribution in [1.82, 2.24) is 9.55 Å². The van der Waals surface area contributed by atoms with Gasteiger partial charge in [-0.3, -0.25) is 4.57 Å². The van der Waals surface area contributed by atoms with Gasteiger partial charge in [0.15, 0.2) is 0 Å². The molecule has 102 valence electrons. The molecule has 0 fully saturated rings. The van der Waals surface area contributed by atoms with E-state index in [4.69, 9.17) is 0 Å². The van der Waals surface area contributed by atoms with E-state index < -0.39 is 0 Å². The fourth-order valence-corrected chi connectivity index (χ4v) is 2.94. The molecule has 3 nitrogen and oxygen atoms in total. The Morgan fingerprint density at radius 2 is 2.00 bits per heavy atom. The maximum absolute atomic E-state index is 4.59. The molecule has 1 aromatic carbocycles. The van der Waals surface area contributed by atoms with E-state index in [0.717, 1.165) is 17.3 Å². The van der Waals surface area contributed by atoms with Gasteiger partial charge in [0.2, 0.25) is 5.95 Å². The number of benzene rings is 1. The Morgan fingerprint density at radius 3 is 2.70 bits per heavy atom. The minimum Gasteiger partial charge on any atom is -0.349 e. The minimum absolute atomic E-state index is 0.241. The number of thiophene rings is 1.